The Morgan fingerprint density at radius 1 is 0.909 bits per heavy atom. The monoisotopic (exact) mass is 465 g/mol. The van der Waals surface area contributed by atoms with Gasteiger partial charge in [0.25, 0.3) is 0 Å². The highest BCUT2D eigenvalue weighted by Gasteiger charge is 2.32. The molecule has 0 aromatic heterocycles. The van der Waals surface area contributed by atoms with Crippen molar-refractivity contribution < 1.29 is 24.5 Å². The Kier molecular flexibility index (Phi) is 7.80. The third-order valence-electron chi connectivity index (χ3n) is 5.64. The van der Waals surface area contributed by atoms with Gasteiger partial charge >= 0.3 is 5.97 Å². The largest absolute Gasteiger partial charge is 0.478 e. The van der Waals surface area contributed by atoms with Crippen LogP contribution in [0.4, 0.5) is 0 Å². The molecule has 0 radical (unpaired) electrons. The van der Waals surface area contributed by atoms with E-state index in [2.05, 4.69) is 0 Å². The lowest BCUT2D eigenvalue weighted by atomic mass is 10.0. The minimum Gasteiger partial charge on any atom is -0.478 e. The maximum atomic E-state index is 11.1. The van der Waals surface area contributed by atoms with E-state index in [4.69, 9.17) is 20.3 Å². The molecule has 3 unspecified atom stereocenters. The van der Waals surface area contributed by atoms with Crippen LogP contribution in [0.1, 0.15) is 51.4 Å². The quantitative estimate of drug-likeness (QED) is 0.415. The smallest absolute Gasteiger partial charge is 0.335 e. The lowest BCUT2D eigenvalue weighted by molar-refractivity contribution is -0.245. The molecule has 1 saturated heterocycles. The molecule has 33 heavy (non-hydrogen) atoms. The van der Waals surface area contributed by atoms with Crippen LogP contribution in [0.25, 0.3) is 0 Å². The molecule has 1 heterocycles. The molecule has 3 aromatic carbocycles. The third kappa shape index (κ3) is 6.01. The average Bonchev–Trinajstić information content (AvgIpc) is 2.87. The van der Waals surface area contributed by atoms with Gasteiger partial charge in [0, 0.05) is 29.2 Å². The Labute approximate surface area is 197 Å². The normalized spacial score (nSPS) is 20.5. The van der Waals surface area contributed by atoms with Crippen molar-refractivity contribution in [2.45, 2.75) is 43.0 Å². The molecule has 0 spiro atoms. The van der Waals surface area contributed by atoms with Crippen molar-refractivity contribution in [2.24, 2.45) is 5.73 Å². The van der Waals surface area contributed by atoms with Gasteiger partial charge in [-0.3, -0.25) is 0 Å². The number of aliphatic hydroxyl groups is 1. The van der Waals surface area contributed by atoms with Crippen LogP contribution in [-0.2, 0) is 22.6 Å². The van der Waals surface area contributed by atoms with E-state index in [0.717, 1.165) is 27.1 Å². The number of ether oxygens (including phenoxy) is 2. The van der Waals surface area contributed by atoms with Gasteiger partial charge in [0.05, 0.1) is 24.4 Å². The van der Waals surface area contributed by atoms with E-state index >= 15 is 0 Å². The van der Waals surface area contributed by atoms with Crippen LogP contribution in [0.5, 0.6) is 0 Å². The summed E-state index contributed by atoms with van der Waals surface area (Å²) in [5.74, 6) is -0.226. The summed E-state index contributed by atoms with van der Waals surface area (Å²) in [6.45, 7) is 0.484. The van der Waals surface area contributed by atoms with E-state index in [1.54, 1.807) is 23.9 Å². The molecule has 0 bridgehead atoms. The minimum absolute atomic E-state index is 0.00493. The zero-order valence-corrected chi connectivity index (χ0v) is 18.9. The molecule has 0 amide bonds. The lowest BCUT2D eigenvalue weighted by Crippen LogP contribution is -2.31. The molecule has 4 N–H and O–H groups in total. The summed E-state index contributed by atoms with van der Waals surface area (Å²) in [6.07, 6.45) is -0.0286. The van der Waals surface area contributed by atoms with Crippen LogP contribution >= 0.6 is 11.8 Å². The molecule has 4 rings (SSSR count). The number of aromatic carboxylic acids is 1. The predicted octanol–water partition coefficient (Wildman–Crippen LogP) is 4.67. The molecule has 0 saturated carbocycles. The van der Waals surface area contributed by atoms with Gasteiger partial charge in [-0.15, -0.1) is 11.8 Å². The van der Waals surface area contributed by atoms with Gasteiger partial charge < -0.3 is 25.4 Å². The standard InChI is InChI=1S/C26H27NO5S/c27-14-17-1-7-21(8-2-17)26-31-22(16-33-23-11-9-20(10-12-23)25(29)30)13-24(32-26)19-5-3-18(15-28)4-6-19/h1-12,22,24,26,28H,13-16,27H2,(H,29,30). The molecule has 3 aromatic rings. The molecule has 7 heteroatoms. The van der Waals surface area contributed by atoms with Crippen LogP contribution in [0.2, 0.25) is 0 Å². The zero-order valence-electron chi connectivity index (χ0n) is 18.1. The van der Waals surface area contributed by atoms with E-state index in [9.17, 15) is 9.90 Å². The fourth-order valence-electron chi connectivity index (χ4n) is 3.72. The summed E-state index contributed by atoms with van der Waals surface area (Å²) >= 11 is 1.63. The van der Waals surface area contributed by atoms with Crippen molar-refractivity contribution in [1.82, 2.24) is 0 Å². The van der Waals surface area contributed by atoms with Gasteiger partial charge in [0.1, 0.15) is 0 Å². The number of aliphatic hydroxyl groups excluding tert-OH is 1. The molecular weight excluding hydrogens is 438 g/mol. The van der Waals surface area contributed by atoms with Gasteiger partial charge in [-0.25, -0.2) is 4.79 Å². The topological polar surface area (TPSA) is 102 Å². The molecule has 1 aliphatic heterocycles. The summed E-state index contributed by atoms with van der Waals surface area (Å²) in [4.78, 5) is 12.1. The minimum atomic E-state index is -0.933. The molecule has 3 atom stereocenters. The SMILES string of the molecule is NCc1ccc(C2OC(CSc3ccc(C(=O)O)cc3)CC(c3ccc(CO)cc3)O2)cc1. The van der Waals surface area contributed by atoms with E-state index in [1.165, 1.54) is 0 Å². The van der Waals surface area contributed by atoms with Gasteiger partial charge in [0.15, 0.2) is 6.29 Å². The van der Waals surface area contributed by atoms with Crippen molar-refractivity contribution in [3.05, 3.63) is 101 Å². The second-order valence-electron chi connectivity index (χ2n) is 7.94. The summed E-state index contributed by atoms with van der Waals surface area (Å²) in [5.41, 5.74) is 9.88. The van der Waals surface area contributed by atoms with Crippen LogP contribution in [0, 0.1) is 0 Å². The fraction of sp³-hybridized carbons (Fsp3) is 0.269. The first-order chi connectivity index (χ1) is 16.1. The van der Waals surface area contributed by atoms with E-state index < -0.39 is 12.3 Å². The van der Waals surface area contributed by atoms with E-state index in [0.29, 0.717) is 18.7 Å². The van der Waals surface area contributed by atoms with E-state index in [-0.39, 0.29) is 24.4 Å². The molecular formula is C26H27NO5S. The van der Waals surface area contributed by atoms with Crippen LogP contribution in [0.3, 0.4) is 0 Å². The fourth-order valence-corrected chi connectivity index (χ4v) is 4.64. The Morgan fingerprint density at radius 3 is 2.15 bits per heavy atom. The number of rotatable bonds is 8. The molecule has 6 nitrogen and oxygen atoms in total. The van der Waals surface area contributed by atoms with Crippen molar-refractivity contribution in [3.8, 4) is 0 Å². The first-order valence-corrected chi connectivity index (χ1v) is 11.8. The molecule has 1 aliphatic rings. The summed E-state index contributed by atoms with van der Waals surface area (Å²) in [6, 6.07) is 22.6. The maximum Gasteiger partial charge on any atom is 0.335 e. The lowest BCUT2D eigenvalue weighted by Gasteiger charge is -2.36. The highest BCUT2D eigenvalue weighted by molar-refractivity contribution is 7.99. The van der Waals surface area contributed by atoms with Gasteiger partial charge in [-0.1, -0.05) is 48.5 Å². The predicted molar refractivity (Wildman–Crippen MR) is 127 cm³/mol. The van der Waals surface area contributed by atoms with Gasteiger partial charge in [0.2, 0.25) is 0 Å². The summed E-state index contributed by atoms with van der Waals surface area (Å²) in [7, 11) is 0. The van der Waals surface area contributed by atoms with E-state index in [1.807, 2.05) is 60.7 Å². The Balaban J connectivity index is 1.50. The number of benzene rings is 3. The van der Waals surface area contributed by atoms with Crippen molar-refractivity contribution >= 4 is 17.7 Å². The zero-order chi connectivity index (χ0) is 23.2. The number of hydrogen-bond donors (Lipinski definition) is 3. The highest BCUT2D eigenvalue weighted by atomic mass is 32.2. The number of thioether (sulfide) groups is 1. The number of carboxylic acid groups (broad SMARTS) is 1. The summed E-state index contributed by atoms with van der Waals surface area (Å²) in [5, 5.41) is 18.4. The van der Waals surface area contributed by atoms with Crippen LogP contribution in [0.15, 0.2) is 77.7 Å². The highest BCUT2D eigenvalue weighted by Crippen LogP contribution is 2.39. The van der Waals surface area contributed by atoms with Crippen molar-refractivity contribution in [2.75, 3.05) is 5.75 Å². The Hall–Kier alpha value is -2.68. The Morgan fingerprint density at radius 2 is 1.55 bits per heavy atom. The average molecular weight is 466 g/mol. The maximum absolute atomic E-state index is 11.1. The molecule has 172 valence electrons. The van der Waals surface area contributed by atoms with Crippen molar-refractivity contribution in [1.29, 1.82) is 0 Å². The van der Waals surface area contributed by atoms with Crippen LogP contribution < -0.4 is 5.73 Å². The number of carbonyl (C=O) groups is 1. The molecule has 1 fully saturated rings. The number of carboxylic acids is 1. The molecule has 0 aliphatic carbocycles. The van der Waals surface area contributed by atoms with Gasteiger partial charge in [-0.05, 0) is 41.0 Å². The van der Waals surface area contributed by atoms with Gasteiger partial charge in [-0.2, -0.15) is 0 Å². The third-order valence-corrected chi connectivity index (χ3v) is 6.78. The second-order valence-corrected chi connectivity index (χ2v) is 9.03. The van der Waals surface area contributed by atoms with Crippen molar-refractivity contribution in [3.63, 3.8) is 0 Å². The summed E-state index contributed by atoms with van der Waals surface area (Å²) < 4.78 is 12.7. The second kappa shape index (κ2) is 11.0. The number of hydrogen-bond acceptors (Lipinski definition) is 6. The Bertz CT molecular complexity index is 998. The number of nitrogens with two attached hydrogens (primary N) is 1. The first kappa shape index (κ1) is 23.5. The van der Waals surface area contributed by atoms with Crippen LogP contribution in [-0.4, -0.2) is 28.0 Å². The first-order valence-electron chi connectivity index (χ1n) is 10.8.